The molecular weight excluding hydrogens is 1190 g/mol. The summed E-state index contributed by atoms with van der Waals surface area (Å²) in [4.78, 5) is 22.3. The molecule has 0 fully saturated rings. The van der Waals surface area contributed by atoms with E-state index in [4.69, 9.17) is 19.9 Å². The van der Waals surface area contributed by atoms with E-state index in [1.807, 2.05) is 12.4 Å². The molecule has 0 saturated carbocycles. The van der Waals surface area contributed by atoms with E-state index in [0.29, 0.717) is 17.5 Å². The van der Waals surface area contributed by atoms with Gasteiger partial charge in [-0.15, -0.1) is 0 Å². The van der Waals surface area contributed by atoms with E-state index in [0.717, 1.165) is 132 Å². The fraction of sp³-hybridized carbons (Fsp3) is 0.178. The summed E-state index contributed by atoms with van der Waals surface area (Å²) in [6, 6.07) is 90.1. The van der Waals surface area contributed by atoms with Crippen LogP contribution in [0.3, 0.4) is 0 Å². The fourth-order valence-electron chi connectivity index (χ4n) is 15.2. The maximum Gasteiger partial charge on any atom is 0.166 e. The summed E-state index contributed by atoms with van der Waals surface area (Å²) in [5.74, 6) is 1.62. The predicted molar refractivity (Wildman–Crippen MR) is 412 cm³/mol. The number of fused-ring (bicyclic) bond motifs is 12. The maximum absolute atomic E-state index is 5.98. The van der Waals surface area contributed by atoms with Crippen molar-refractivity contribution in [3.63, 3.8) is 0 Å². The number of aromatic nitrogens is 8. The Morgan fingerprint density at radius 3 is 0.806 bits per heavy atom. The average molecular weight is 1270 g/mol. The number of benzene rings is 11. The van der Waals surface area contributed by atoms with Crippen molar-refractivity contribution in [1.29, 1.82) is 0 Å². The van der Waals surface area contributed by atoms with E-state index in [1.54, 1.807) is 0 Å². The lowest BCUT2D eigenvalue weighted by molar-refractivity contribution is 0.591. The summed E-state index contributed by atoms with van der Waals surface area (Å²) in [5, 5.41) is 9.20. The number of hydrogen-bond acceptors (Lipinski definition) is 4. The second-order valence-electron chi connectivity index (χ2n) is 30.8. The first-order valence-corrected chi connectivity index (χ1v) is 34.4. The van der Waals surface area contributed by atoms with Gasteiger partial charge >= 0.3 is 0 Å². The van der Waals surface area contributed by atoms with Crippen LogP contribution in [-0.2, 0) is 21.7 Å². The molecule has 478 valence electrons. The van der Waals surface area contributed by atoms with Crippen molar-refractivity contribution in [2.45, 2.75) is 105 Å². The molecule has 17 rings (SSSR count). The number of hydrogen-bond donors (Lipinski definition) is 0. The second-order valence-corrected chi connectivity index (χ2v) is 30.8. The van der Waals surface area contributed by atoms with Crippen molar-refractivity contribution in [3.8, 4) is 68.0 Å². The molecule has 0 radical (unpaired) electrons. The SMILES string of the molecule is CC(C)(C)c1ccc2c(c1)c1ccccc1n2-c1c(-c2ccncc2)c(-c2nc(-c3ccccc3)nc(-c3ccccc3)n2)c(-n2c3ccccc3c3cc(C(C)(C)C)ccc32)c(-n2c3ccccc3c3cc(C(C)(C)C)ccc32)c1-n1c2ccccc2c2cc(C(C)(C)C)ccc21. The van der Waals surface area contributed by atoms with E-state index >= 15 is 0 Å². The normalized spacial score (nSPS) is 12.7. The average Bonchev–Trinajstić information content (AvgIpc) is 1.44. The molecule has 0 bridgehead atoms. The highest BCUT2D eigenvalue weighted by molar-refractivity contribution is 6.19. The summed E-state index contributed by atoms with van der Waals surface area (Å²) >= 11 is 0. The molecule has 0 N–H and O–H groups in total. The van der Waals surface area contributed by atoms with Crippen LogP contribution in [0.1, 0.15) is 105 Å². The van der Waals surface area contributed by atoms with Crippen molar-refractivity contribution >= 4 is 87.2 Å². The molecular formula is C90H78N8. The molecule has 0 spiro atoms. The minimum Gasteiger partial charge on any atom is -0.306 e. The van der Waals surface area contributed by atoms with E-state index in [2.05, 4.69) is 344 Å². The van der Waals surface area contributed by atoms with Crippen LogP contribution in [0, 0.1) is 0 Å². The van der Waals surface area contributed by atoms with Gasteiger partial charge in [-0.25, -0.2) is 15.0 Å². The highest BCUT2D eigenvalue weighted by Crippen LogP contribution is 2.55. The Bertz CT molecular complexity index is 6010. The molecule has 0 saturated heterocycles. The lowest BCUT2D eigenvalue weighted by Crippen LogP contribution is -2.17. The Morgan fingerprint density at radius 2 is 0.490 bits per heavy atom. The first kappa shape index (κ1) is 60.4. The van der Waals surface area contributed by atoms with Crippen molar-refractivity contribution < 1.29 is 0 Å². The Labute approximate surface area is 572 Å². The molecule has 8 nitrogen and oxygen atoms in total. The second kappa shape index (κ2) is 22.2. The van der Waals surface area contributed by atoms with E-state index in [1.165, 1.54) is 27.6 Å². The zero-order valence-electron chi connectivity index (χ0n) is 57.8. The molecule has 0 aliphatic heterocycles. The summed E-state index contributed by atoms with van der Waals surface area (Å²) in [6.45, 7) is 27.8. The molecule has 17 aromatic rings. The van der Waals surface area contributed by atoms with Crippen LogP contribution in [0.2, 0.25) is 0 Å². The van der Waals surface area contributed by atoms with Crippen molar-refractivity contribution in [3.05, 3.63) is 277 Å². The van der Waals surface area contributed by atoms with Gasteiger partial charge < -0.3 is 18.3 Å². The monoisotopic (exact) mass is 1270 g/mol. The van der Waals surface area contributed by atoms with Gasteiger partial charge in [0.25, 0.3) is 0 Å². The molecule has 0 unspecified atom stereocenters. The highest BCUT2D eigenvalue weighted by Gasteiger charge is 2.38. The zero-order valence-corrected chi connectivity index (χ0v) is 57.8. The molecule has 0 amide bonds. The maximum atomic E-state index is 5.98. The zero-order chi connectivity index (χ0) is 67.3. The summed E-state index contributed by atoms with van der Waals surface area (Å²) in [7, 11) is 0. The number of nitrogens with zero attached hydrogens (tertiary/aromatic N) is 8. The topological polar surface area (TPSA) is 71.3 Å². The lowest BCUT2D eigenvalue weighted by atomic mass is 9.86. The number of pyridine rings is 1. The number of rotatable bonds is 8. The van der Waals surface area contributed by atoms with E-state index in [9.17, 15) is 0 Å². The van der Waals surface area contributed by atoms with Gasteiger partial charge in [0.15, 0.2) is 17.5 Å². The molecule has 0 atom stereocenters. The highest BCUT2D eigenvalue weighted by atomic mass is 15.2. The minimum atomic E-state index is -0.155. The van der Waals surface area contributed by atoms with Crippen LogP contribution < -0.4 is 0 Å². The third kappa shape index (κ3) is 9.61. The molecule has 6 aromatic heterocycles. The molecule has 11 aromatic carbocycles. The van der Waals surface area contributed by atoms with E-state index < -0.39 is 0 Å². The van der Waals surface area contributed by atoms with Crippen LogP contribution in [0.4, 0.5) is 0 Å². The van der Waals surface area contributed by atoms with Crippen molar-refractivity contribution in [2.75, 3.05) is 0 Å². The van der Waals surface area contributed by atoms with Crippen LogP contribution >= 0.6 is 0 Å². The summed E-state index contributed by atoms with van der Waals surface area (Å²) in [6.07, 6.45) is 3.89. The summed E-state index contributed by atoms with van der Waals surface area (Å²) < 4.78 is 10.4. The Balaban J connectivity index is 1.25. The van der Waals surface area contributed by atoms with Gasteiger partial charge in [-0.3, -0.25) is 4.98 Å². The van der Waals surface area contributed by atoms with Gasteiger partial charge in [-0.2, -0.15) is 0 Å². The van der Waals surface area contributed by atoms with Crippen LogP contribution in [-0.4, -0.2) is 38.2 Å². The van der Waals surface area contributed by atoms with Gasteiger partial charge in [0, 0.05) is 72.2 Å². The predicted octanol–water partition coefficient (Wildman–Crippen LogP) is 23.5. The molecule has 98 heavy (non-hydrogen) atoms. The first-order valence-electron chi connectivity index (χ1n) is 34.4. The third-order valence-electron chi connectivity index (χ3n) is 20.3. The molecule has 0 aliphatic carbocycles. The Morgan fingerprint density at radius 1 is 0.224 bits per heavy atom. The Hall–Kier alpha value is -11.2. The Kier molecular flexibility index (Phi) is 13.7. The molecule has 0 aliphatic rings. The van der Waals surface area contributed by atoms with Crippen LogP contribution in [0.15, 0.2) is 255 Å². The standard InChI is InChI=1S/C90H78N8/c1-87(2,3)58-39-43-74-66(51-58)62-31-19-23-35-70(62)95(74)80-78(55-47-49-91-50-48-55)79(86-93-84(56-27-15-13-16-28-56)92-85(94-86)57-29-17-14-18-30-57)81(96-71-36-24-20-32-63(71)67-52-59(88(4,5)6)40-44-75(67)96)83(98-73-38-26-22-34-65(73)69-54-61(90(10,11)12)42-46-77(69)98)82(80)97-72-37-25-21-33-64(72)68-53-60(89(7,8)9)41-45-76(68)97/h13-54H,1-12H3. The largest absolute Gasteiger partial charge is 0.306 e. The lowest BCUT2D eigenvalue weighted by Gasteiger charge is -2.31. The van der Waals surface area contributed by atoms with Crippen LogP contribution in [0.5, 0.6) is 0 Å². The van der Waals surface area contributed by atoms with Crippen LogP contribution in [0.25, 0.3) is 155 Å². The molecule has 8 heteroatoms. The van der Waals surface area contributed by atoms with Crippen molar-refractivity contribution in [2.24, 2.45) is 0 Å². The minimum absolute atomic E-state index is 0.146. The fourth-order valence-corrected chi connectivity index (χ4v) is 15.2. The van der Waals surface area contributed by atoms with Gasteiger partial charge in [0.1, 0.15) is 0 Å². The van der Waals surface area contributed by atoms with Gasteiger partial charge in [-0.1, -0.05) is 241 Å². The first-order chi connectivity index (χ1) is 47.2. The number of para-hydroxylation sites is 4. The van der Waals surface area contributed by atoms with Gasteiger partial charge in [0.2, 0.25) is 0 Å². The van der Waals surface area contributed by atoms with E-state index in [-0.39, 0.29) is 21.7 Å². The third-order valence-corrected chi connectivity index (χ3v) is 20.3. The molecule has 6 heterocycles. The quantitative estimate of drug-likeness (QED) is 0.152. The van der Waals surface area contributed by atoms with Crippen molar-refractivity contribution in [1.82, 2.24) is 38.2 Å². The summed E-state index contributed by atoms with van der Waals surface area (Å²) in [5.41, 5.74) is 21.0. The smallest absolute Gasteiger partial charge is 0.166 e. The van der Waals surface area contributed by atoms with Gasteiger partial charge in [0.05, 0.1) is 72.4 Å². The van der Waals surface area contributed by atoms with Gasteiger partial charge in [-0.05, 0) is 134 Å².